The molecule has 0 aliphatic carbocycles. The Hall–Kier alpha value is -2.08. The highest BCUT2D eigenvalue weighted by atomic mass is 16.5. The van der Waals surface area contributed by atoms with E-state index in [2.05, 4.69) is 5.32 Å². The van der Waals surface area contributed by atoms with Gasteiger partial charge in [-0.2, -0.15) is 0 Å². The summed E-state index contributed by atoms with van der Waals surface area (Å²) in [7, 11) is 1.57. The minimum Gasteiger partial charge on any atom is -0.496 e. The summed E-state index contributed by atoms with van der Waals surface area (Å²) >= 11 is 0. The molecule has 0 radical (unpaired) electrons. The first-order valence-electron chi connectivity index (χ1n) is 5.79. The van der Waals surface area contributed by atoms with E-state index in [1.54, 1.807) is 19.2 Å². The highest BCUT2D eigenvalue weighted by molar-refractivity contribution is 5.97. The van der Waals surface area contributed by atoms with Crippen LogP contribution >= 0.6 is 0 Å². The van der Waals surface area contributed by atoms with Crippen LogP contribution in [0.1, 0.15) is 17.5 Å². The number of ether oxygens (including phenoxy) is 1. The number of methoxy groups -OCH3 is 1. The van der Waals surface area contributed by atoms with Crippen LogP contribution in [0.4, 0.5) is 5.69 Å². The molecule has 0 spiro atoms. The molecule has 1 atom stereocenters. The van der Waals surface area contributed by atoms with Crippen LogP contribution in [0.15, 0.2) is 12.1 Å². The van der Waals surface area contributed by atoms with Gasteiger partial charge in [-0.15, -0.1) is 0 Å². The molecule has 1 aromatic rings. The second kappa shape index (κ2) is 6.19. The van der Waals surface area contributed by atoms with Gasteiger partial charge in [-0.3, -0.25) is 9.59 Å². The number of carboxylic acids is 1. The average molecular weight is 266 g/mol. The molecule has 6 heteroatoms. The Balaban J connectivity index is 2.86. The number of carbonyl (C=O) groups is 2. The standard InChI is InChI=1S/C13H18N2O4/c1-7-8(2)11(19-3)5-4-10(7)15-13(18)9(14)6-12(16)17/h4-5,9H,6,14H2,1-3H3,(H,15,18)(H,16,17). The lowest BCUT2D eigenvalue weighted by Gasteiger charge is -2.15. The maximum atomic E-state index is 11.7. The second-order valence-electron chi connectivity index (χ2n) is 4.26. The Bertz CT molecular complexity index is 500. The van der Waals surface area contributed by atoms with Gasteiger partial charge in [0, 0.05) is 5.69 Å². The van der Waals surface area contributed by atoms with E-state index in [1.807, 2.05) is 13.8 Å². The van der Waals surface area contributed by atoms with Crippen molar-refractivity contribution in [3.63, 3.8) is 0 Å². The summed E-state index contributed by atoms with van der Waals surface area (Å²) in [6.07, 6.45) is -0.403. The molecule has 6 nitrogen and oxygen atoms in total. The van der Waals surface area contributed by atoms with E-state index < -0.39 is 24.3 Å². The topological polar surface area (TPSA) is 102 Å². The number of nitrogens with one attached hydrogen (secondary N) is 1. The lowest BCUT2D eigenvalue weighted by molar-refractivity contribution is -0.138. The number of nitrogens with two attached hydrogens (primary N) is 1. The average Bonchev–Trinajstić information content (AvgIpc) is 2.34. The van der Waals surface area contributed by atoms with Crippen molar-refractivity contribution in [2.75, 3.05) is 12.4 Å². The van der Waals surface area contributed by atoms with Crippen molar-refractivity contribution in [3.05, 3.63) is 23.3 Å². The number of anilines is 1. The first kappa shape index (κ1) is 15.0. The number of benzene rings is 1. The van der Waals surface area contributed by atoms with E-state index in [0.717, 1.165) is 16.9 Å². The molecule has 1 unspecified atom stereocenters. The SMILES string of the molecule is COc1ccc(NC(=O)C(N)CC(=O)O)c(C)c1C. The summed E-state index contributed by atoms with van der Waals surface area (Å²) in [5.74, 6) is -0.898. The van der Waals surface area contributed by atoms with Gasteiger partial charge in [0.15, 0.2) is 0 Å². The fraction of sp³-hybridized carbons (Fsp3) is 0.385. The number of amides is 1. The third kappa shape index (κ3) is 3.69. The third-order valence-electron chi connectivity index (χ3n) is 2.95. The van der Waals surface area contributed by atoms with E-state index >= 15 is 0 Å². The van der Waals surface area contributed by atoms with Gasteiger partial charge in [-0.1, -0.05) is 0 Å². The van der Waals surface area contributed by atoms with Gasteiger partial charge in [0.05, 0.1) is 19.6 Å². The smallest absolute Gasteiger partial charge is 0.305 e. The van der Waals surface area contributed by atoms with Crippen molar-refractivity contribution in [2.45, 2.75) is 26.3 Å². The Morgan fingerprint density at radius 1 is 1.37 bits per heavy atom. The van der Waals surface area contributed by atoms with Crippen molar-refractivity contribution >= 4 is 17.6 Å². The maximum absolute atomic E-state index is 11.7. The van der Waals surface area contributed by atoms with Gasteiger partial charge in [0.25, 0.3) is 0 Å². The summed E-state index contributed by atoms with van der Waals surface area (Å²) < 4.78 is 5.17. The van der Waals surface area contributed by atoms with E-state index in [-0.39, 0.29) is 0 Å². The molecule has 0 saturated carbocycles. The van der Waals surface area contributed by atoms with Gasteiger partial charge in [0.1, 0.15) is 5.75 Å². The normalized spacial score (nSPS) is 11.8. The highest BCUT2D eigenvalue weighted by Crippen LogP contribution is 2.27. The zero-order valence-electron chi connectivity index (χ0n) is 11.2. The van der Waals surface area contributed by atoms with E-state index in [1.165, 1.54) is 0 Å². The summed E-state index contributed by atoms with van der Waals surface area (Å²) in [5.41, 5.74) is 7.86. The lowest BCUT2D eigenvalue weighted by Crippen LogP contribution is -2.37. The molecule has 1 rings (SSSR count). The first-order valence-corrected chi connectivity index (χ1v) is 5.79. The Kier molecular flexibility index (Phi) is 4.88. The second-order valence-corrected chi connectivity index (χ2v) is 4.26. The Labute approximate surface area is 111 Å². The summed E-state index contributed by atoms with van der Waals surface area (Å²) in [4.78, 5) is 22.2. The molecular weight excluding hydrogens is 248 g/mol. The third-order valence-corrected chi connectivity index (χ3v) is 2.95. The van der Waals surface area contributed by atoms with Gasteiger partial charge >= 0.3 is 5.97 Å². The zero-order chi connectivity index (χ0) is 14.6. The predicted octanol–water partition coefficient (Wildman–Crippen LogP) is 1.05. The van der Waals surface area contributed by atoms with E-state index in [0.29, 0.717) is 5.69 Å². The molecule has 0 aromatic heterocycles. The minimum atomic E-state index is -1.11. The fourth-order valence-corrected chi connectivity index (χ4v) is 1.66. The largest absolute Gasteiger partial charge is 0.496 e. The van der Waals surface area contributed by atoms with Crippen molar-refractivity contribution < 1.29 is 19.4 Å². The molecule has 1 amide bonds. The van der Waals surface area contributed by atoms with Crippen LogP contribution in [0.3, 0.4) is 0 Å². The molecule has 4 N–H and O–H groups in total. The van der Waals surface area contributed by atoms with Crippen LogP contribution in [0.25, 0.3) is 0 Å². The lowest BCUT2D eigenvalue weighted by atomic mass is 10.1. The van der Waals surface area contributed by atoms with Gasteiger partial charge in [0.2, 0.25) is 5.91 Å². The Morgan fingerprint density at radius 3 is 2.53 bits per heavy atom. The van der Waals surface area contributed by atoms with Crippen LogP contribution in [-0.2, 0) is 9.59 Å². The molecular formula is C13H18N2O4. The molecule has 0 aliphatic heterocycles. The molecule has 1 aromatic carbocycles. The molecule has 0 heterocycles. The first-order chi connectivity index (χ1) is 8.86. The maximum Gasteiger partial charge on any atom is 0.305 e. The Morgan fingerprint density at radius 2 is 2.00 bits per heavy atom. The van der Waals surface area contributed by atoms with Crippen LogP contribution in [0.5, 0.6) is 5.75 Å². The highest BCUT2D eigenvalue weighted by Gasteiger charge is 2.18. The summed E-state index contributed by atoms with van der Waals surface area (Å²) in [6, 6.07) is 2.37. The number of carboxylic acid groups (broad SMARTS) is 1. The number of hydrogen-bond donors (Lipinski definition) is 3. The fourth-order valence-electron chi connectivity index (χ4n) is 1.66. The van der Waals surface area contributed by atoms with Crippen LogP contribution in [0, 0.1) is 13.8 Å². The van der Waals surface area contributed by atoms with Crippen LogP contribution in [0.2, 0.25) is 0 Å². The number of aliphatic carboxylic acids is 1. The molecule has 0 aliphatic rings. The summed E-state index contributed by atoms with van der Waals surface area (Å²) in [5, 5.41) is 11.2. The zero-order valence-corrected chi connectivity index (χ0v) is 11.2. The van der Waals surface area contributed by atoms with Crippen molar-refractivity contribution in [2.24, 2.45) is 5.73 Å². The van der Waals surface area contributed by atoms with Gasteiger partial charge in [-0.25, -0.2) is 0 Å². The molecule has 0 fully saturated rings. The number of carbonyl (C=O) groups excluding carboxylic acids is 1. The van der Waals surface area contributed by atoms with Crippen molar-refractivity contribution in [3.8, 4) is 5.75 Å². The van der Waals surface area contributed by atoms with Gasteiger partial charge in [-0.05, 0) is 37.1 Å². The molecule has 0 saturated heterocycles. The summed E-state index contributed by atoms with van der Waals surface area (Å²) in [6.45, 7) is 3.72. The number of rotatable bonds is 5. The van der Waals surface area contributed by atoms with Crippen LogP contribution in [-0.4, -0.2) is 30.1 Å². The quantitative estimate of drug-likeness (QED) is 0.739. The van der Waals surface area contributed by atoms with Crippen molar-refractivity contribution in [1.82, 2.24) is 0 Å². The van der Waals surface area contributed by atoms with Crippen LogP contribution < -0.4 is 15.8 Å². The molecule has 19 heavy (non-hydrogen) atoms. The van der Waals surface area contributed by atoms with Crippen molar-refractivity contribution in [1.29, 1.82) is 0 Å². The van der Waals surface area contributed by atoms with E-state index in [4.69, 9.17) is 15.6 Å². The minimum absolute atomic E-state index is 0.403. The predicted molar refractivity (Wildman–Crippen MR) is 71.3 cm³/mol. The number of hydrogen-bond acceptors (Lipinski definition) is 4. The molecule has 0 bridgehead atoms. The molecule has 104 valence electrons. The monoisotopic (exact) mass is 266 g/mol. The van der Waals surface area contributed by atoms with Gasteiger partial charge < -0.3 is 20.9 Å². The van der Waals surface area contributed by atoms with E-state index in [9.17, 15) is 9.59 Å².